The standard InChI is InChI=1S/C13H24N2O5/c1-15(8-10(16)9-20-2)12(19)14-13(11(17)18)6-4-3-5-7-13/h10,16H,3-9H2,1-2H3,(H,14,19)(H,17,18). The minimum absolute atomic E-state index is 0.0926. The van der Waals surface area contributed by atoms with Crippen molar-refractivity contribution in [3.8, 4) is 0 Å². The van der Waals surface area contributed by atoms with E-state index in [1.165, 1.54) is 19.1 Å². The first-order valence-corrected chi connectivity index (χ1v) is 6.85. The van der Waals surface area contributed by atoms with Crippen molar-refractivity contribution in [3.63, 3.8) is 0 Å². The smallest absolute Gasteiger partial charge is 0.329 e. The molecule has 1 rings (SSSR count). The molecule has 20 heavy (non-hydrogen) atoms. The molecule has 1 aliphatic carbocycles. The fraction of sp³-hybridized carbons (Fsp3) is 0.846. The fourth-order valence-electron chi connectivity index (χ4n) is 2.49. The maximum atomic E-state index is 12.1. The molecule has 0 aromatic rings. The van der Waals surface area contributed by atoms with Crippen LogP contribution in [0.1, 0.15) is 32.1 Å². The number of rotatable bonds is 6. The Bertz CT molecular complexity index is 342. The SMILES string of the molecule is COCC(O)CN(C)C(=O)NC1(C(=O)O)CCCCC1. The first-order valence-electron chi connectivity index (χ1n) is 6.85. The molecule has 0 aliphatic heterocycles. The van der Waals surface area contributed by atoms with E-state index < -0.39 is 23.6 Å². The Balaban J connectivity index is 2.59. The van der Waals surface area contributed by atoms with Gasteiger partial charge in [-0.05, 0) is 12.8 Å². The van der Waals surface area contributed by atoms with Crippen molar-refractivity contribution < 1.29 is 24.5 Å². The first-order chi connectivity index (χ1) is 9.41. The molecular weight excluding hydrogens is 264 g/mol. The summed E-state index contributed by atoms with van der Waals surface area (Å²) in [5.74, 6) is -0.989. The van der Waals surface area contributed by atoms with Crippen LogP contribution < -0.4 is 5.32 Å². The zero-order chi connectivity index (χ0) is 15.2. The van der Waals surface area contributed by atoms with Gasteiger partial charge in [-0.15, -0.1) is 0 Å². The van der Waals surface area contributed by atoms with Gasteiger partial charge in [-0.2, -0.15) is 0 Å². The van der Waals surface area contributed by atoms with Gasteiger partial charge in [0.15, 0.2) is 0 Å². The number of hydrogen-bond donors (Lipinski definition) is 3. The Kier molecular flexibility index (Phi) is 6.22. The molecule has 7 nitrogen and oxygen atoms in total. The number of nitrogens with one attached hydrogen (secondary N) is 1. The largest absolute Gasteiger partial charge is 0.480 e. The highest BCUT2D eigenvalue weighted by Crippen LogP contribution is 2.28. The van der Waals surface area contributed by atoms with Gasteiger partial charge in [0.2, 0.25) is 0 Å². The monoisotopic (exact) mass is 288 g/mol. The number of carboxylic acids is 1. The van der Waals surface area contributed by atoms with Crippen molar-refractivity contribution in [2.24, 2.45) is 0 Å². The Labute approximate surface area is 118 Å². The zero-order valence-electron chi connectivity index (χ0n) is 12.1. The topological polar surface area (TPSA) is 99.1 Å². The van der Waals surface area contributed by atoms with E-state index in [-0.39, 0.29) is 13.2 Å². The van der Waals surface area contributed by atoms with Crippen molar-refractivity contribution in [2.75, 3.05) is 27.3 Å². The number of aliphatic carboxylic acids is 1. The van der Waals surface area contributed by atoms with E-state index in [9.17, 15) is 19.8 Å². The number of aliphatic hydroxyl groups is 1. The molecule has 0 bridgehead atoms. The van der Waals surface area contributed by atoms with Gasteiger partial charge in [-0.3, -0.25) is 0 Å². The number of aliphatic hydroxyl groups excluding tert-OH is 1. The van der Waals surface area contributed by atoms with Crippen molar-refractivity contribution >= 4 is 12.0 Å². The second-order valence-electron chi connectivity index (χ2n) is 5.37. The molecule has 0 saturated heterocycles. The number of hydrogen-bond acceptors (Lipinski definition) is 4. The highest BCUT2D eigenvalue weighted by Gasteiger charge is 2.41. The Morgan fingerprint density at radius 1 is 1.35 bits per heavy atom. The third kappa shape index (κ3) is 4.35. The molecule has 3 N–H and O–H groups in total. The summed E-state index contributed by atoms with van der Waals surface area (Å²) in [5.41, 5.74) is -1.17. The number of ether oxygens (including phenoxy) is 1. The number of nitrogens with zero attached hydrogens (tertiary/aromatic N) is 1. The van der Waals surface area contributed by atoms with Crippen LogP contribution in [0, 0.1) is 0 Å². The molecule has 1 fully saturated rings. The van der Waals surface area contributed by atoms with Crippen molar-refractivity contribution in [3.05, 3.63) is 0 Å². The van der Waals surface area contributed by atoms with Gasteiger partial charge in [0.25, 0.3) is 0 Å². The lowest BCUT2D eigenvalue weighted by molar-refractivity contribution is -0.145. The van der Waals surface area contributed by atoms with E-state index in [2.05, 4.69) is 5.32 Å². The average Bonchev–Trinajstić information content (AvgIpc) is 2.39. The molecule has 7 heteroatoms. The second kappa shape index (κ2) is 7.44. The lowest BCUT2D eigenvalue weighted by Crippen LogP contribution is -2.58. The average molecular weight is 288 g/mol. The molecule has 116 valence electrons. The van der Waals surface area contributed by atoms with Crippen LogP contribution in [0.25, 0.3) is 0 Å². The van der Waals surface area contributed by atoms with Crippen molar-refractivity contribution in [1.29, 1.82) is 0 Å². The van der Waals surface area contributed by atoms with Crippen molar-refractivity contribution in [2.45, 2.75) is 43.7 Å². The minimum Gasteiger partial charge on any atom is -0.480 e. The Hall–Kier alpha value is -1.34. The molecule has 0 spiro atoms. The first kappa shape index (κ1) is 16.7. The van der Waals surface area contributed by atoms with Crippen LogP contribution in [0.15, 0.2) is 0 Å². The summed E-state index contributed by atoms with van der Waals surface area (Å²) in [4.78, 5) is 24.8. The van der Waals surface area contributed by atoms with E-state index in [1.807, 2.05) is 0 Å². The molecule has 0 heterocycles. The number of amides is 2. The van der Waals surface area contributed by atoms with Gasteiger partial charge in [0.1, 0.15) is 5.54 Å². The number of methoxy groups -OCH3 is 1. The van der Waals surface area contributed by atoms with Gasteiger partial charge in [-0.1, -0.05) is 19.3 Å². The van der Waals surface area contributed by atoms with Gasteiger partial charge < -0.3 is 25.2 Å². The van der Waals surface area contributed by atoms with Gasteiger partial charge in [-0.25, -0.2) is 9.59 Å². The number of urea groups is 1. The second-order valence-corrected chi connectivity index (χ2v) is 5.37. The number of carboxylic acid groups (broad SMARTS) is 1. The fourth-order valence-corrected chi connectivity index (χ4v) is 2.49. The molecule has 0 aromatic heterocycles. The predicted octanol–water partition coefficient (Wildman–Crippen LogP) is 0.423. The summed E-state index contributed by atoms with van der Waals surface area (Å²) in [6.45, 7) is 0.219. The zero-order valence-corrected chi connectivity index (χ0v) is 12.1. The molecule has 1 saturated carbocycles. The van der Waals surface area contributed by atoms with Crippen LogP contribution in [-0.4, -0.2) is 66.1 Å². The maximum absolute atomic E-state index is 12.1. The molecule has 1 atom stereocenters. The summed E-state index contributed by atoms with van der Waals surface area (Å²) in [6.07, 6.45) is 2.69. The number of likely N-dealkylation sites (N-methyl/N-ethyl adjacent to an activating group) is 1. The van der Waals surface area contributed by atoms with Crippen LogP contribution in [-0.2, 0) is 9.53 Å². The van der Waals surface area contributed by atoms with Crippen LogP contribution in [0.4, 0.5) is 4.79 Å². The van der Waals surface area contributed by atoms with Crippen molar-refractivity contribution in [1.82, 2.24) is 10.2 Å². The molecular formula is C13H24N2O5. The predicted molar refractivity (Wildman–Crippen MR) is 72.5 cm³/mol. The highest BCUT2D eigenvalue weighted by molar-refractivity contribution is 5.86. The molecule has 0 aromatic carbocycles. The minimum atomic E-state index is -1.17. The quantitative estimate of drug-likeness (QED) is 0.658. The summed E-state index contributed by atoms with van der Waals surface area (Å²) in [6, 6.07) is -0.482. The van der Waals surface area contributed by atoms with E-state index >= 15 is 0 Å². The van der Waals surface area contributed by atoms with Gasteiger partial charge in [0, 0.05) is 14.2 Å². The van der Waals surface area contributed by atoms with Crippen LogP contribution in [0.5, 0.6) is 0 Å². The molecule has 1 aliphatic rings. The summed E-state index contributed by atoms with van der Waals surface area (Å²) in [5, 5.41) is 21.6. The van der Waals surface area contributed by atoms with Gasteiger partial charge >= 0.3 is 12.0 Å². The van der Waals surface area contributed by atoms with Gasteiger partial charge in [0.05, 0.1) is 19.3 Å². The Morgan fingerprint density at radius 3 is 2.45 bits per heavy atom. The summed E-state index contributed by atoms with van der Waals surface area (Å²) >= 11 is 0. The summed E-state index contributed by atoms with van der Waals surface area (Å²) in [7, 11) is 2.98. The van der Waals surface area contributed by atoms with E-state index in [1.54, 1.807) is 0 Å². The number of carbonyl (C=O) groups excluding carboxylic acids is 1. The van der Waals surface area contributed by atoms with E-state index in [0.717, 1.165) is 19.3 Å². The normalized spacial score (nSPS) is 19.1. The van der Waals surface area contributed by atoms with Crippen LogP contribution in [0.3, 0.4) is 0 Å². The van der Waals surface area contributed by atoms with Crippen LogP contribution >= 0.6 is 0 Å². The molecule has 1 unspecified atom stereocenters. The number of carbonyl (C=O) groups is 2. The molecule has 0 radical (unpaired) electrons. The Morgan fingerprint density at radius 2 is 1.95 bits per heavy atom. The lowest BCUT2D eigenvalue weighted by Gasteiger charge is -2.35. The van der Waals surface area contributed by atoms with E-state index in [4.69, 9.17) is 4.74 Å². The summed E-state index contributed by atoms with van der Waals surface area (Å²) < 4.78 is 4.79. The highest BCUT2D eigenvalue weighted by atomic mass is 16.5. The molecule has 2 amide bonds. The third-order valence-electron chi connectivity index (χ3n) is 3.65. The third-order valence-corrected chi connectivity index (χ3v) is 3.65. The lowest BCUT2D eigenvalue weighted by atomic mass is 9.82. The maximum Gasteiger partial charge on any atom is 0.329 e. The van der Waals surface area contributed by atoms with Crippen LogP contribution in [0.2, 0.25) is 0 Å². The van der Waals surface area contributed by atoms with E-state index in [0.29, 0.717) is 12.8 Å².